The monoisotopic (exact) mass is 386 g/mol. The van der Waals surface area contributed by atoms with Gasteiger partial charge in [0.2, 0.25) is 5.88 Å². The van der Waals surface area contributed by atoms with E-state index >= 15 is 0 Å². The Bertz CT molecular complexity index is 1270. The molecule has 7 heteroatoms. The summed E-state index contributed by atoms with van der Waals surface area (Å²) in [6.45, 7) is 1.81. The quantitative estimate of drug-likeness (QED) is 0.520. The number of aromatic amines is 1. The molecule has 0 radical (unpaired) electrons. The number of nitrogens with zero attached hydrogens (tertiary/aromatic N) is 2. The smallest absolute Gasteiger partial charge is 0.257 e. The Hall–Kier alpha value is -4.18. The van der Waals surface area contributed by atoms with Crippen molar-refractivity contribution in [2.24, 2.45) is 0 Å². The highest BCUT2D eigenvalue weighted by Crippen LogP contribution is 2.28. The summed E-state index contributed by atoms with van der Waals surface area (Å²) in [6, 6.07) is 15.0. The number of nitrogens with one attached hydrogen (secondary N) is 2. The number of ether oxygens (including phenoxy) is 1. The van der Waals surface area contributed by atoms with Gasteiger partial charge in [-0.15, -0.1) is 0 Å². The molecule has 2 N–H and O–H groups in total. The molecule has 0 saturated carbocycles. The van der Waals surface area contributed by atoms with Gasteiger partial charge >= 0.3 is 0 Å². The number of carbonyl (C=O) groups is 1. The van der Waals surface area contributed by atoms with Crippen molar-refractivity contribution in [3.63, 3.8) is 0 Å². The Morgan fingerprint density at radius 1 is 1.24 bits per heavy atom. The van der Waals surface area contributed by atoms with Crippen molar-refractivity contribution in [2.75, 3.05) is 5.32 Å². The summed E-state index contributed by atoms with van der Waals surface area (Å²) in [7, 11) is 0. The fourth-order valence-electron chi connectivity index (χ4n) is 3.02. The number of fused-ring (bicyclic) bond motifs is 1. The maximum Gasteiger partial charge on any atom is 0.257 e. The van der Waals surface area contributed by atoms with Crippen molar-refractivity contribution < 1.29 is 13.9 Å². The minimum absolute atomic E-state index is 0.209. The highest BCUT2D eigenvalue weighted by atomic mass is 19.1. The van der Waals surface area contributed by atoms with E-state index in [9.17, 15) is 9.18 Å². The number of aromatic nitrogens is 2. The molecule has 0 saturated heterocycles. The number of H-pyrrole nitrogens is 1. The topological polar surface area (TPSA) is 90.8 Å². The lowest BCUT2D eigenvalue weighted by molar-refractivity contribution is 0.102. The first kappa shape index (κ1) is 18.2. The van der Waals surface area contributed by atoms with Crippen LogP contribution in [0.5, 0.6) is 11.6 Å². The number of halogens is 1. The lowest BCUT2D eigenvalue weighted by atomic mass is 10.1. The molecule has 0 spiro atoms. The molecule has 0 fully saturated rings. The minimum atomic E-state index is -0.460. The first-order valence-electron chi connectivity index (χ1n) is 8.77. The third-order valence-electron chi connectivity index (χ3n) is 4.45. The first-order chi connectivity index (χ1) is 14.1. The molecule has 4 aromatic rings. The molecule has 2 aromatic carbocycles. The first-order valence-corrected chi connectivity index (χ1v) is 8.77. The zero-order chi connectivity index (χ0) is 20.4. The summed E-state index contributed by atoms with van der Waals surface area (Å²) < 4.78 is 19.8. The van der Waals surface area contributed by atoms with Crippen LogP contribution in [0.25, 0.3) is 10.9 Å². The van der Waals surface area contributed by atoms with E-state index < -0.39 is 11.7 Å². The standard InChI is InChI=1S/C22H15FN4O2/c1-13-10-15(29-22-14(11-24)4-3-9-25-22)7-8-18(13)27-21(28)16-12-26-19-6-2-5-17(23)20(16)19/h2-10,12,26H,1H3,(H,27,28). The Morgan fingerprint density at radius 2 is 2.10 bits per heavy atom. The van der Waals surface area contributed by atoms with E-state index in [1.165, 1.54) is 18.5 Å². The number of pyridine rings is 1. The summed E-state index contributed by atoms with van der Waals surface area (Å²) in [5.41, 5.74) is 2.41. The lowest BCUT2D eigenvalue weighted by Gasteiger charge is -2.11. The van der Waals surface area contributed by atoms with Crippen LogP contribution in [0.3, 0.4) is 0 Å². The lowest BCUT2D eigenvalue weighted by Crippen LogP contribution is -2.12. The molecule has 0 aliphatic carbocycles. The second-order valence-corrected chi connectivity index (χ2v) is 6.37. The van der Waals surface area contributed by atoms with Crippen LogP contribution in [0.15, 0.2) is 60.9 Å². The van der Waals surface area contributed by atoms with Crippen molar-refractivity contribution in [3.8, 4) is 17.7 Å². The molecule has 0 bridgehead atoms. The number of hydrogen-bond donors (Lipinski definition) is 2. The second-order valence-electron chi connectivity index (χ2n) is 6.37. The number of aryl methyl sites for hydroxylation is 1. The minimum Gasteiger partial charge on any atom is -0.438 e. The average molecular weight is 386 g/mol. The summed E-state index contributed by atoms with van der Waals surface area (Å²) >= 11 is 0. The summed E-state index contributed by atoms with van der Waals surface area (Å²) in [4.78, 5) is 19.6. The van der Waals surface area contributed by atoms with Gasteiger partial charge in [-0.3, -0.25) is 4.79 Å². The van der Waals surface area contributed by atoms with Gasteiger partial charge in [0.15, 0.2) is 0 Å². The van der Waals surface area contributed by atoms with Gasteiger partial charge in [0.25, 0.3) is 5.91 Å². The molecule has 0 unspecified atom stereocenters. The highest BCUT2D eigenvalue weighted by molar-refractivity contribution is 6.13. The molecule has 2 aromatic heterocycles. The summed E-state index contributed by atoms with van der Waals surface area (Å²) in [5, 5.41) is 12.2. The predicted molar refractivity (Wildman–Crippen MR) is 106 cm³/mol. The van der Waals surface area contributed by atoms with Crippen LogP contribution < -0.4 is 10.1 Å². The number of rotatable bonds is 4. The summed E-state index contributed by atoms with van der Waals surface area (Å²) in [5.74, 6) is -0.193. The highest BCUT2D eigenvalue weighted by Gasteiger charge is 2.16. The van der Waals surface area contributed by atoms with Gasteiger partial charge in [-0.25, -0.2) is 9.37 Å². The van der Waals surface area contributed by atoms with Crippen LogP contribution >= 0.6 is 0 Å². The predicted octanol–water partition coefficient (Wildman–Crippen LogP) is 4.93. The zero-order valence-corrected chi connectivity index (χ0v) is 15.4. The van der Waals surface area contributed by atoms with Crippen LogP contribution in [-0.2, 0) is 0 Å². The molecule has 0 atom stereocenters. The molecule has 6 nitrogen and oxygen atoms in total. The van der Waals surface area contributed by atoms with Gasteiger partial charge in [-0.2, -0.15) is 5.26 Å². The fourth-order valence-corrected chi connectivity index (χ4v) is 3.02. The van der Waals surface area contributed by atoms with Crippen LogP contribution in [0.4, 0.5) is 10.1 Å². The van der Waals surface area contributed by atoms with Gasteiger partial charge in [0.05, 0.1) is 5.56 Å². The number of carbonyl (C=O) groups excluding carboxylic acids is 1. The van der Waals surface area contributed by atoms with E-state index in [2.05, 4.69) is 15.3 Å². The number of amides is 1. The van der Waals surface area contributed by atoms with Gasteiger partial charge in [0, 0.05) is 29.0 Å². The molecule has 0 aliphatic heterocycles. The largest absolute Gasteiger partial charge is 0.438 e. The third kappa shape index (κ3) is 3.51. The van der Waals surface area contributed by atoms with E-state index in [1.54, 1.807) is 42.5 Å². The maximum atomic E-state index is 14.1. The number of benzene rings is 2. The van der Waals surface area contributed by atoms with Crippen molar-refractivity contribution >= 4 is 22.5 Å². The molecule has 29 heavy (non-hydrogen) atoms. The van der Waals surface area contributed by atoms with Gasteiger partial charge in [-0.1, -0.05) is 6.07 Å². The van der Waals surface area contributed by atoms with E-state index in [0.717, 1.165) is 5.56 Å². The Kier molecular flexibility index (Phi) is 4.67. The molecular weight excluding hydrogens is 371 g/mol. The fraction of sp³-hybridized carbons (Fsp3) is 0.0455. The molecule has 2 heterocycles. The molecular formula is C22H15FN4O2. The molecule has 142 valence electrons. The van der Waals surface area contributed by atoms with E-state index in [0.29, 0.717) is 22.5 Å². The van der Waals surface area contributed by atoms with Crippen LogP contribution in [-0.4, -0.2) is 15.9 Å². The number of hydrogen-bond acceptors (Lipinski definition) is 4. The van der Waals surface area contributed by atoms with Crippen molar-refractivity contribution in [1.29, 1.82) is 5.26 Å². The zero-order valence-electron chi connectivity index (χ0n) is 15.4. The molecule has 1 amide bonds. The Balaban J connectivity index is 1.57. The average Bonchev–Trinajstić information content (AvgIpc) is 3.16. The van der Waals surface area contributed by atoms with Gasteiger partial charge in [0.1, 0.15) is 23.2 Å². The maximum absolute atomic E-state index is 14.1. The van der Waals surface area contributed by atoms with Crippen LogP contribution in [0.2, 0.25) is 0 Å². The number of anilines is 1. The third-order valence-corrected chi connectivity index (χ3v) is 4.45. The Labute approximate surface area is 165 Å². The summed E-state index contributed by atoms with van der Waals surface area (Å²) in [6.07, 6.45) is 3.03. The molecule has 4 rings (SSSR count). The van der Waals surface area contributed by atoms with Crippen LogP contribution in [0.1, 0.15) is 21.5 Å². The second kappa shape index (κ2) is 7.44. The van der Waals surface area contributed by atoms with Crippen molar-refractivity contribution in [3.05, 3.63) is 83.4 Å². The van der Waals surface area contributed by atoms with Crippen molar-refractivity contribution in [1.82, 2.24) is 9.97 Å². The van der Waals surface area contributed by atoms with E-state index in [-0.39, 0.29) is 16.8 Å². The Morgan fingerprint density at radius 3 is 2.90 bits per heavy atom. The van der Waals surface area contributed by atoms with Crippen LogP contribution in [0, 0.1) is 24.1 Å². The van der Waals surface area contributed by atoms with E-state index in [4.69, 9.17) is 10.00 Å². The van der Waals surface area contributed by atoms with Gasteiger partial charge < -0.3 is 15.0 Å². The SMILES string of the molecule is Cc1cc(Oc2ncccc2C#N)ccc1NC(=O)c1c[nH]c2cccc(F)c12. The van der Waals surface area contributed by atoms with Crippen molar-refractivity contribution in [2.45, 2.75) is 6.92 Å². The normalized spacial score (nSPS) is 10.5. The van der Waals surface area contributed by atoms with Gasteiger partial charge in [-0.05, 0) is 55.0 Å². The number of nitriles is 1. The van der Waals surface area contributed by atoms with E-state index in [1.807, 2.05) is 13.0 Å². The molecule has 0 aliphatic rings.